The average molecular weight is 518 g/mol. The van der Waals surface area contributed by atoms with Crippen molar-refractivity contribution in [3.63, 3.8) is 0 Å². The summed E-state index contributed by atoms with van der Waals surface area (Å²) in [6.07, 6.45) is 8.18. The molecule has 0 heterocycles. The predicted molar refractivity (Wildman–Crippen MR) is 132 cm³/mol. The third-order valence-electron chi connectivity index (χ3n) is 4.94. The number of aliphatic imine (C=N–C) groups is 1. The van der Waals surface area contributed by atoms with E-state index in [1.54, 1.807) is 7.05 Å². The van der Waals surface area contributed by atoms with Gasteiger partial charge in [0.15, 0.2) is 5.96 Å². The number of nitrogens with one attached hydrogen (secondary N) is 2. The second-order valence-corrected chi connectivity index (χ2v) is 7.64. The largest absolute Gasteiger partial charge is 0.492 e. The Kier molecular flexibility index (Phi) is 14.1. The van der Waals surface area contributed by atoms with Gasteiger partial charge in [-0.3, -0.25) is 4.99 Å². The smallest absolute Gasteiger partial charge is 0.191 e. The number of likely N-dealkylation sites (N-methyl/N-ethyl adjacent to an activating group) is 1. The number of hydrogen-bond donors (Lipinski definition) is 2. The zero-order valence-electron chi connectivity index (χ0n) is 18.3. The van der Waals surface area contributed by atoms with Gasteiger partial charge in [0.1, 0.15) is 12.4 Å². The van der Waals surface area contributed by atoms with Gasteiger partial charge in [0.05, 0.1) is 12.7 Å². The summed E-state index contributed by atoms with van der Waals surface area (Å²) in [5.74, 6) is 1.70. The lowest BCUT2D eigenvalue weighted by Crippen LogP contribution is -2.38. The first kappa shape index (κ1) is 26.0. The molecule has 1 fully saturated rings. The maximum absolute atomic E-state index is 6.03. The normalized spacial score (nSPS) is 15.5. The van der Waals surface area contributed by atoms with E-state index >= 15 is 0 Å². The van der Waals surface area contributed by atoms with Crippen LogP contribution in [0.2, 0.25) is 0 Å². The summed E-state index contributed by atoms with van der Waals surface area (Å²) in [5.41, 5.74) is 1.17. The van der Waals surface area contributed by atoms with Gasteiger partial charge >= 0.3 is 0 Å². The summed E-state index contributed by atoms with van der Waals surface area (Å²) in [7, 11) is 5.89. The molecule has 166 valence electrons. The van der Waals surface area contributed by atoms with Crippen LogP contribution in [0.25, 0.3) is 0 Å². The lowest BCUT2D eigenvalue weighted by atomic mass is 10.1. The minimum Gasteiger partial charge on any atom is -0.492 e. The van der Waals surface area contributed by atoms with E-state index in [9.17, 15) is 0 Å². The van der Waals surface area contributed by atoms with Crippen molar-refractivity contribution < 1.29 is 9.47 Å². The monoisotopic (exact) mass is 518 g/mol. The number of rotatable bonds is 10. The highest BCUT2D eigenvalue weighted by molar-refractivity contribution is 14.0. The molecule has 0 unspecified atom stereocenters. The van der Waals surface area contributed by atoms with Crippen LogP contribution < -0.4 is 15.4 Å². The van der Waals surface area contributed by atoms with Gasteiger partial charge in [0.2, 0.25) is 0 Å². The van der Waals surface area contributed by atoms with Gasteiger partial charge < -0.3 is 25.0 Å². The molecule has 0 aromatic heterocycles. The second-order valence-electron chi connectivity index (χ2n) is 7.64. The summed E-state index contributed by atoms with van der Waals surface area (Å²) in [4.78, 5) is 6.41. The van der Waals surface area contributed by atoms with Crippen LogP contribution in [-0.2, 0) is 11.3 Å². The molecule has 2 rings (SSSR count). The van der Waals surface area contributed by atoms with E-state index in [1.165, 1.54) is 44.1 Å². The van der Waals surface area contributed by atoms with Crippen LogP contribution >= 0.6 is 24.0 Å². The van der Waals surface area contributed by atoms with Gasteiger partial charge in [-0.2, -0.15) is 0 Å². The van der Waals surface area contributed by atoms with Gasteiger partial charge in [-0.05, 0) is 44.6 Å². The van der Waals surface area contributed by atoms with Gasteiger partial charge in [-0.15, -0.1) is 24.0 Å². The van der Waals surface area contributed by atoms with Crippen LogP contribution in [0.4, 0.5) is 0 Å². The van der Waals surface area contributed by atoms with E-state index in [4.69, 9.17) is 9.47 Å². The van der Waals surface area contributed by atoms with Gasteiger partial charge in [0, 0.05) is 26.7 Å². The van der Waals surface area contributed by atoms with Crippen LogP contribution in [0.3, 0.4) is 0 Å². The molecule has 0 atom stereocenters. The van der Waals surface area contributed by atoms with Crippen LogP contribution in [0, 0.1) is 0 Å². The Balaban J connectivity index is 0.00000420. The molecule has 0 radical (unpaired) electrons. The van der Waals surface area contributed by atoms with Crippen molar-refractivity contribution in [3.8, 4) is 5.75 Å². The van der Waals surface area contributed by atoms with Crippen molar-refractivity contribution in [3.05, 3.63) is 29.8 Å². The van der Waals surface area contributed by atoms with Crippen molar-refractivity contribution in [2.24, 2.45) is 4.99 Å². The lowest BCUT2D eigenvalue weighted by molar-refractivity contribution is 0.0468. The fourth-order valence-electron chi connectivity index (χ4n) is 3.30. The van der Waals surface area contributed by atoms with Crippen molar-refractivity contribution >= 4 is 29.9 Å². The number of hydrogen-bond acceptors (Lipinski definition) is 4. The van der Waals surface area contributed by atoms with E-state index in [2.05, 4.69) is 32.7 Å². The van der Waals surface area contributed by atoms with Crippen LogP contribution in [0.1, 0.15) is 44.1 Å². The number of ether oxygens (including phenoxy) is 2. The highest BCUT2D eigenvalue weighted by atomic mass is 127. The van der Waals surface area contributed by atoms with Crippen molar-refractivity contribution in [2.75, 3.05) is 47.4 Å². The molecule has 1 aliphatic carbocycles. The summed E-state index contributed by atoms with van der Waals surface area (Å²) in [6.45, 7) is 3.79. The Hall–Kier alpha value is -1.06. The molecule has 29 heavy (non-hydrogen) atoms. The molecule has 0 aliphatic heterocycles. The topological polar surface area (TPSA) is 58.1 Å². The summed E-state index contributed by atoms with van der Waals surface area (Å²) >= 11 is 0. The SMILES string of the molecule is CN=C(NCCOC1CCCCCC1)NCc1cccc(OCCN(C)C)c1.I. The molecule has 1 aromatic rings. The summed E-state index contributed by atoms with van der Waals surface area (Å²) < 4.78 is 11.8. The zero-order valence-corrected chi connectivity index (χ0v) is 20.6. The average Bonchev–Trinajstić information content (AvgIpc) is 2.96. The lowest BCUT2D eigenvalue weighted by Gasteiger charge is -2.17. The maximum Gasteiger partial charge on any atom is 0.191 e. The minimum absolute atomic E-state index is 0. The highest BCUT2D eigenvalue weighted by Gasteiger charge is 2.12. The Morgan fingerprint density at radius 1 is 1.10 bits per heavy atom. The Morgan fingerprint density at radius 2 is 1.86 bits per heavy atom. The number of nitrogens with zero attached hydrogens (tertiary/aromatic N) is 2. The summed E-state index contributed by atoms with van der Waals surface area (Å²) in [6, 6.07) is 8.19. The van der Waals surface area contributed by atoms with Crippen LogP contribution in [-0.4, -0.2) is 64.4 Å². The zero-order chi connectivity index (χ0) is 20.0. The van der Waals surface area contributed by atoms with Crippen molar-refractivity contribution in [2.45, 2.75) is 51.2 Å². The van der Waals surface area contributed by atoms with Crippen molar-refractivity contribution in [1.29, 1.82) is 0 Å². The maximum atomic E-state index is 6.03. The van der Waals surface area contributed by atoms with E-state index in [0.29, 0.717) is 19.3 Å². The van der Waals surface area contributed by atoms with Gasteiger partial charge in [-0.25, -0.2) is 0 Å². The molecular formula is C22H39IN4O2. The molecule has 7 heteroatoms. The molecule has 0 saturated heterocycles. The van der Waals surface area contributed by atoms with Gasteiger partial charge in [0.25, 0.3) is 0 Å². The molecule has 0 spiro atoms. The first-order valence-corrected chi connectivity index (χ1v) is 10.6. The van der Waals surface area contributed by atoms with Crippen LogP contribution in [0.5, 0.6) is 5.75 Å². The van der Waals surface area contributed by atoms with E-state index < -0.39 is 0 Å². The third kappa shape index (κ3) is 11.6. The molecular weight excluding hydrogens is 479 g/mol. The fraction of sp³-hybridized carbons (Fsp3) is 0.682. The number of guanidine groups is 1. The first-order valence-electron chi connectivity index (χ1n) is 10.6. The third-order valence-corrected chi connectivity index (χ3v) is 4.94. The highest BCUT2D eigenvalue weighted by Crippen LogP contribution is 2.19. The predicted octanol–water partition coefficient (Wildman–Crippen LogP) is 3.65. The molecule has 1 saturated carbocycles. The molecule has 1 aromatic carbocycles. The number of benzene rings is 1. The number of halogens is 1. The first-order chi connectivity index (χ1) is 13.7. The molecule has 1 aliphatic rings. The molecule has 0 bridgehead atoms. The quantitative estimate of drug-likeness (QED) is 0.163. The molecule has 2 N–H and O–H groups in total. The van der Waals surface area contributed by atoms with E-state index in [1.807, 2.05) is 26.2 Å². The molecule has 6 nitrogen and oxygen atoms in total. The molecule has 0 amide bonds. The van der Waals surface area contributed by atoms with Crippen LogP contribution in [0.15, 0.2) is 29.3 Å². The minimum atomic E-state index is 0. The Bertz CT molecular complexity index is 576. The standard InChI is InChI=1S/C22H38N4O2.HI/c1-23-22(24-13-15-27-20-10-6-4-5-7-11-20)25-18-19-9-8-12-21(17-19)28-16-14-26(2)3;/h8-9,12,17,20H,4-7,10-11,13-16,18H2,1-3H3,(H2,23,24,25);1H. The Morgan fingerprint density at radius 3 is 2.55 bits per heavy atom. The Labute approximate surface area is 193 Å². The fourth-order valence-corrected chi connectivity index (χ4v) is 3.30. The van der Waals surface area contributed by atoms with E-state index in [-0.39, 0.29) is 24.0 Å². The van der Waals surface area contributed by atoms with E-state index in [0.717, 1.165) is 31.4 Å². The summed E-state index contributed by atoms with van der Waals surface area (Å²) in [5, 5.41) is 6.69. The second kappa shape index (κ2) is 15.7. The van der Waals surface area contributed by atoms with Crippen molar-refractivity contribution in [1.82, 2.24) is 15.5 Å². The van der Waals surface area contributed by atoms with Gasteiger partial charge in [-0.1, -0.05) is 37.8 Å².